The molecule has 0 amide bonds. The quantitative estimate of drug-likeness (QED) is 0.693. The van der Waals surface area contributed by atoms with Crippen molar-refractivity contribution in [1.82, 2.24) is 0 Å². The van der Waals surface area contributed by atoms with Crippen molar-refractivity contribution in [2.45, 2.75) is 32.1 Å². The minimum absolute atomic E-state index is 0.388. The molecule has 1 heterocycles. The molecule has 2 heteroatoms. The van der Waals surface area contributed by atoms with Crippen molar-refractivity contribution in [3.63, 3.8) is 0 Å². The van der Waals surface area contributed by atoms with Gasteiger partial charge in [-0.2, -0.15) is 0 Å². The molecule has 2 nitrogen and oxygen atoms in total. The lowest BCUT2D eigenvalue weighted by molar-refractivity contribution is -0.119. The van der Waals surface area contributed by atoms with Crippen LogP contribution in [0.3, 0.4) is 0 Å². The summed E-state index contributed by atoms with van der Waals surface area (Å²) in [7, 11) is 0. The molecule has 0 unspecified atom stereocenters. The molecule has 0 radical (unpaired) electrons. The Morgan fingerprint density at radius 1 is 1.54 bits per heavy atom. The molecule has 0 saturated heterocycles. The van der Waals surface area contributed by atoms with Crippen molar-refractivity contribution >= 4 is 5.78 Å². The molecule has 1 saturated carbocycles. The molecule has 0 aliphatic heterocycles. The van der Waals surface area contributed by atoms with Crippen molar-refractivity contribution in [1.29, 1.82) is 0 Å². The predicted octanol–water partition coefficient (Wildman–Crippen LogP) is 2.58. The minimum Gasteiger partial charge on any atom is -0.469 e. The Kier molecular flexibility index (Phi) is 2.48. The normalized spacial score (nSPS) is 16.0. The second-order valence-electron chi connectivity index (χ2n) is 3.77. The molecule has 0 N–H and O–H groups in total. The van der Waals surface area contributed by atoms with E-state index in [1.54, 1.807) is 6.26 Å². The Morgan fingerprint density at radius 2 is 2.38 bits per heavy atom. The maximum Gasteiger partial charge on any atom is 0.133 e. The third kappa shape index (κ3) is 2.72. The second-order valence-corrected chi connectivity index (χ2v) is 3.77. The fourth-order valence-corrected chi connectivity index (χ4v) is 1.46. The summed E-state index contributed by atoms with van der Waals surface area (Å²) in [6.45, 7) is 0. The summed E-state index contributed by atoms with van der Waals surface area (Å²) in [5, 5.41) is 0. The van der Waals surface area contributed by atoms with Gasteiger partial charge in [-0.05, 0) is 30.9 Å². The summed E-state index contributed by atoms with van der Waals surface area (Å²) in [6, 6.07) is 3.78. The minimum atomic E-state index is 0.388. The van der Waals surface area contributed by atoms with Crippen molar-refractivity contribution in [2.24, 2.45) is 5.92 Å². The highest BCUT2D eigenvalue weighted by Crippen LogP contribution is 2.32. The van der Waals surface area contributed by atoms with E-state index in [0.717, 1.165) is 18.6 Å². The van der Waals surface area contributed by atoms with Gasteiger partial charge in [0, 0.05) is 19.3 Å². The van der Waals surface area contributed by atoms with E-state index in [4.69, 9.17) is 4.42 Å². The maximum absolute atomic E-state index is 11.3. The van der Waals surface area contributed by atoms with Crippen molar-refractivity contribution in [3.8, 4) is 0 Å². The Balaban J connectivity index is 1.69. The van der Waals surface area contributed by atoms with Gasteiger partial charge in [0.1, 0.15) is 11.5 Å². The van der Waals surface area contributed by atoms with Gasteiger partial charge in [-0.1, -0.05) is 0 Å². The van der Waals surface area contributed by atoms with Crippen LogP contribution in [0.1, 0.15) is 31.4 Å². The summed E-state index contributed by atoms with van der Waals surface area (Å²) in [5.74, 6) is 2.02. The van der Waals surface area contributed by atoms with Crippen LogP contribution in [0.15, 0.2) is 22.8 Å². The lowest BCUT2D eigenvalue weighted by atomic mass is 10.1. The van der Waals surface area contributed by atoms with Gasteiger partial charge in [-0.15, -0.1) is 0 Å². The zero-order valence-electron chi connectivity index (χ0n) is 7.66. The molecule has 70 valence electrons. The first-order valence-electron chi connectivity index (χ1n) is 4.88. The van der Waals surface area contributed by atoms with Gasteiger partial charge >= 0.3 is 0 Å². The molecule has 13 heavy (non-hydrogen) atoms. The van der Waals surface area contributed by atoms with Crippen molar-refractivity contribution in [2.75, 3.05) is 0 Å². The van der Waals surface area contributed by atoms with Crippen molar-refractivity contribution in [3.05, 3.63) is 24.2 Å². The van der Waals surface area contributed by atoms with E-state index in [-0.39, 0.29) is 0 Å². The summed E-state index contributed by atoms with van der Waals surface area (Å²) in [6.07, 6.45) is 6.36. The van der Waals surface area contributed by atoms with Gasteiger partial charge in [0.2, 0.25) is 0 Å². The van der Waals surface area contributed by atoms with E-state index >= 15 is 0 Å². The molecule has 2 rings (SSSR count). The molecule has 0 spiro atoms. The molecular formula is C11H14O2. The van der Waals surface area contributed by atoms with Gasteiger partial charge in [0.15, 0.2) is 0 Å². The average molecular weight is 178 g/mol. The fraction of sp³-hybridized carbons (Fsp3) is 0.545. The second kappa shape index (κ2) is 3.77. The Morgan fingerprint density at radius 3 is 3.00 bits per heavy atom. The number of carbonyl (C=O) groups excluding carboxylic acids is 1. The maximum atomic E-state index is 11.3. The molecular weight excluding hydrogens is 164 g/mol. The van der Waals surface area contributed by atoms with Crippen LogP contribution in [0, 0.1) is 5.92 Å². The molecule has 1 aliphatic carbocycles. The number of hydrogen-bond donors (Lipinski definition) is 0. The number of hydrogen-bond acceptors (Lipinski definition) is 2. The zero-order chi connectivity index (χ0) is 9.10. The smallest absolute Gasteiger partial charge is 0.133 e. The van der Waals surface area contributed by atoms with E-state index in [9.17, 15) is 4.79 Å². The number of rotatable bonds is 5. The van der Waals surface area contributed by atoms with Crippen LogP contribution in [-0.4, -0.2) is 5.78 Å². The van der Waals surface area contributed by atoms with E-state index in [1.807, 2.05) is 12.1 Å². The molecule has 0 bridgehead atoms. The molecule has 1 fully saturated rings. The average Bonchev–Trinajstić information content (AvgIpc) is 2.78. The number of aryl methyl sites for hydroxylation is 1. The third-order valence-electron chi connectivity index (χ3n) is 2.44. The first-order chi connectivity index (χ1) is 6.34. The van der Waals surface area contributed by atoms with E-state index in [0.29, 0.717) is 18.1 Å². The number of carbonyl (C=O) groups is 1. The summed E-state index contributed by atoms with van der Waals surface area (Å²) < 4.78 is 5.15. The van der Waals surface area contributed by atoms with Gasteiger partial charge in [-0.25, -0.2) is 0 Å². The zero-order valence-corrected chi connectivity index (χ0v) is 7.66. The van der Waals surface area contributed by atoms with Crippen LogP contribution in [-0.2, 0) is 11.2 Å². The fourth-order valence-electron chi connectivity index (χ4n) is 1.46. The summed E-state index contributed by atoms with van der Waals surface area (Å²) in [4.78, 5) is 11.3. The van der Waals surface area contributed by atoms with Crippen LogP contribution in [0.5, 0.6) is 0 Å². The first-order valence-corrected chi connectivity index (χ1v) is 4.88. The van der Waals surface area contributed by atoms with Gasteiger partial charge in [-0.3, -0.25) is 4.79 Å². The lowest BCUT2D eigenvalue weighted by Gasteiger charge is -1.96. The number of furan rings is 1. The Labute approximate surface area is 77.9 Å². The lowest BCUT2D eigenvalue weighted by Crippen LogP contribution is -2.00. The van der Waals surface area contributed by atoms with Gasteiger partial charge < -0.3 is 4.42 Å². The number of Topliss-reactive ketones (excluding diaryl/α,β-unsaturated/α-hetero) is 1. The predicted molar refractivity (Wildman–Crippen MR) is 49.4 cm³/mol. The highest BCUT2D eigenvalue weighted by Gasteiger charge is 2.23. The molecule has 0 aromatic carbocycles. The Hall–Kier alpha value is -1.05. The third-order valence-corrected chi connectivity index (χ3v) is 2.44. The van der Waals surface area contributed by atoms with Crippen LogP contribution >= 0.6 is 0 Å². The van der Waals surface area contributed by atoms with Crippen LogP contribution in [0.2, 0.25) is 0 Å². The SMILES string of the molecule is O=C(CCc1ccco1)CC1CC1. The largest absolute Gasteiger partial charge is 0.469 e. The van der Waals surface area contributed by atoms with E-state index in [1.165, 1.54) is 12.8 Å². The summed E-state index contributed by atoms with van der Waals surface area (Å²) >= 11 is 0. The first kappa shape index (κ1) is 8.54. The topological polar surface area (TPSA) is 30.2 Å². The van der Waals surface area contributed by atoms with Crippen LogP contribution < -0.4 is 0 Å². The monoisotopic (exact) mass is 178 g/mol. The van der Waals surface area contributed by atoms with Crippen LogP contribution in [0.25, 0.3) is 0 Å². The molecule has 1 aromatic heterocycles. The van der Waals surface area contributed by atoms with Gasteiger partial charge in [0.05, 0.1) is 6.26 Å². The highest BCUT2D eigenvalue weighted by atomic mass is 16.3. The highest BCUT2D eigenvalue weighted by molar-refractivity contribution is 5.79. The molecule has 1 aromatic rings. The van der Waals surface area contributed by atoms with E-state index < -0.39 is 0 Å². The molecule has 1 aliphatic rings. The van der Waals surface area contributed by atoms with E-state index in [2.05, 4.69) is 0 Å². The van der Waals surface area contributed by atoms with Crippen LogP contribution in [0.4, 0.5) is 0 Å². The number of ketones is 1. The van der Waals surface area contributed by atoms with Crippen molar-refractivity contribution < 1.29 is 9.21 Å². The molecule has 0 atom stereocenters. The summed E-state index contributed by atoms with van der Waals surface area (Å²) in [5.41, 5.74) is 0. The Bertz CT molecular complexity index is 270. The standard InChI is InChI=1S/C11H14O2/c12-10(8-9-3-4-9)5-6-11-2-1-7-13-11/h1-2,7,9H,3-6,8H2. The van der Waals surface area contributed by atoms with Gasteiger partial charge in [0.25, 0.3) is 0 Å².